The third-order valence-corrected chi connectivity index (χ3v) is 6.07. The minimum Gasteiger partial charge on any atom is -0.495 e. The van der Waals surface area contributed by atoms with Crippen molar-refractivity contribution in [2.24, 2.45) is 0 Å². The van der Waals surface area contributed by atoms with Gasteiger partial charge in [0, 0.05) is 16.6 Å². The quantitative estimate of drug-likeness (QED) is 0.451. The van der Waals surface area contributed by atoms with Crippen molar-refractivity contribution < 1.29 is 13.9 Å². The van der Waals surface area contributed by atoms with Crippen LogP contribution in [-0.4, -0.2) is 22.6 Å². The number of thiophene rings is 1. The molecule has 0 radical (unpaired) electrons. The average Bonchev–Trinajstić information content (AvgIpc) is 3.19. The molecule has 4 rings (SSSR count). The van der Waals surface area contributed by atoms with E-state index in [1.165, 1.54) is 41.5 Å². The highest BCUT2D eigenvalue weighted by Gasteiger charge is 2.20. The van der Waals surface area contributed by atoms with Gasteiger partial charge in [0.2, 0.25) is 5.91 Å². The molecule has 2 heterocycles. The Morgan fingerprint density at radius 1 is 1.26 bits per heavy atom. The van der Waals surface area contributed by atoms with Crippen molar-refractivity contribution in [2.45, 2.75) is 13.0 Å². The van der Waals surface area contributed by atoms with Gasteiger partial charge in [-0.2, -0.15) is 0 Å². The molecule has 0 saturated heterocycles. The number of rotatable bonds is 5. The third kappa shape index (κ3) is 4.04. The number of hydrogen-bond donors (Lipinski definition) is 1. The Bertz CT molecular complexity index is 1330. The van der Waals surface area contributed by atoms with Crippen LogP contribution in [0.4, 0.5) is 10.1 Å². The normalized spacial score (nSPS) is 12.0. The zero-order valence-corrected chi connectivity index (χ0v) is 18.1. The number of carbonyl (C=O) groups excluding carboxylic acids is 1. The standard InChI is InChI=1S/C22H17ClFN3O3S/c1-12(20(28)26-15-7-8-18(30-2)17(23)9-15)27-11-25-21-19(22(27)29)16(10-31-21)13-3-5-14(24)6-4-13/h3-12H,1-2H3,(H,26,28)/t12-/m1/s1. The summed E-state index contributed by atoms with van der Waals surface area (Å²) in [7, 11) is 1.50. The summed E-state index contributed by atoms with van der Waals surface area (Å²) in [4.78, 5) is 30.9. The summed E-state index contributed by atoms with van der Waals surface area (Å²) in [6.45, 7) is 1.61. The summed E-state index contributed by atoms with van der Waals surface area (Å²) < 4.78 is 19.7. The van der Waals surface area contributed by atoms with E-state index >= 15 is 0 Å². The van der Waals surface area contributed by atoms with Crippen molar-refractivity contribution in [1.82, 2.24) is 9.55 Å². The molecule has 4 aromatic rings. The molecule has 9 heteroatoms. The number of fused-ring (bicyclic) bond motifs is 1. The fourth-order valence-corrected chi connectivity index (χ4v) is 4.34. The largest absolute Gasteiger partial charge is 0.495 e. The number of methoxy groups -OCH3 is 1. The van der Waals surface area contributed by atoms with E-state index < -0.39 is 11.9 Å². The zero-order valence-electron chi connectivity index (χ0n) is 16.6. The number of nitrogens with one attached hydrogen (secondary N) is 1. The van der Waals surface area contributed by atoms with Gasteiger partial charge < -0.3 is 10.1 Å². The topological polar surface area (TPSA) is 73.2 Å². The van der Waals surface area contributed by atoms with Gasteiger partial charge in [-0.3, -0.25) is 14.2 Å². The van der Waals surface area contributed by atoms with E-state index in [2.05, 4.69) is 10.3 Å². The molecular formula is C22H17ClFN3O3S. The third-order valence-electron chi connectivity index (χ3n) is 4.89. The first-order valence-electron chi connectivity index (χ1n) is 9.27. The number of hydrogen-bond acceptors (Lipinski definition) is 5. The number of amides is 1. The SMILES string of the molecule is COc1ccc(NC(=O)[C@@H](C)n2cnc3scc(-c4ccc(F)cc4)c3c2=O)cc1Cl. The minimum atomic E-state index is -0.828. The maximum atomic E-state index is 13.3. The molecule has 1 amide bonds. The lowest BCUT2D eigenvalue weighted by Crippen LogP contribution is -2.31. The predicted octanol–water partition coefficient (Wildman–Crippen LogP) is 5.13. The molecule has 158 valence electrons. The molecule has 0 bridgehead atoms. The van der Waals surface area contributed by atoms with Gasteiger partial charge in [-0.05, 0) is 42.8 Å². The molecule has 2 aromatic carbocycles. The lowest BCUT2D eigenvalue weighted by molar-refractivity contribution is -0.118. The van der Waals surface area contributed by atoms with Gasteiger partial charge >= 0.3 is 0 Å². The maximum Gasteiger partial charge on any atom is 0.263 e. The van der Waals surface area contributed by atoms with Gasteiger partial charge in [-0.15, -0.1) is 11.3 Å². The van der Waals surface area contributed by atoms with E-state index in [0.29, 0.717) is 37.8 Å². The van der Waals surface area contributed by atoms with Gasteiger partial charge in [0.25, 0.3) is 5.56 Å². The molecule has 0 aliphatic heterocycles. The molecule has 31 heavy (non-hydrogen) atoms. The first kappa shape index (κ1) is 21.0. The molecule has 0 spiro atoms. The van der Waals surface area contributed by atoms with Gasteiger partial charge in [0.1, 0.15) is 22.4 Å². The zero-order chi connectivity index (χ0) is 22.1. The summed E-state index contributed by atoms with van der Waals surface area (Å²) in [6, 6.07) is 9.93. The minimum absolute atomic E-state index is 0.346. The van der Waals surface area contributed by atoms with Gasteiger partial charge in [0.05, 0.1) is 23.8 Å². The van der Waals surface area contributed by atoms with E-state index in [0.717, 1.165) is 0 Å². The second kappa shape index (κ2) is 8.49. The lowest BCUT2D eigenvalue weighted by Gasteiger charge is -2.15. The summed E-state index contributed by atoms with van der Waals surface area (Å²) in [5.74, 6) is -0.268. The van der Waals surface area contributed by atoms with Crippen LogP contribution in [0.1, 0.15) is 13.0 Å². The maximum absolute atomic E-state index is 13.3. The number of carbonyl (C=O) groups is 1. The summed E-state index contributed by atoms with van der Waals surface area (Å²) in [5.41, 5.74) is 1.49. The van der Waals surface area contributed by atoms with Crippen LogP contribution >= 0.6 is 22.9 Å². The van der Waals surface area contributed by atoms with Crippen LogP contribution in [0.15, 0.2) is 59.0 Å². The van der Waals surface area contributed by atoms with Crippen LogP contribution in [-0.2, 0) is 4.79 Å². The molecule has 0 aliphatic carbocycles. The molecular weight excluding hydrogens is 441 g/mol. The fraction of sp³-hybridized carbons (Fsp3) is 0.136. The Hall–Kier alpha value is -3.23. The predicted molar refractivity (Wildman–Crippen MR) is 121 cm³/mol. The van der Waals surface area contributed by atoms with E-state index in [1.54, 1.807) is 42.6 Å². The number of nitrogens with zero attached hydrogens (tertiary/aromatic N) is 2. The van der Waals surface area contributed by atoms with Crippen LogP contribution in [0.2, 0.25) is 5.02 Å². The first-order chi connectivity index (χ1) is 14.9. The van der Waals surface area contributed by atoms with Crippen molar-refractivity contribution in [3.8, 4) is 16.9 Å². The fourth-order valence-electron chi connectivity index (χ4n) is 3.18. The summed E-state index contributed by atoms with van der Waals surface area (Å²) >= 11 is 7.43. The molecule has 0 unspecified atom stereocenters. The Kier molecular flexibility index (Phi) is 5.75. The molecule has 0 aliphatic rings. The Morgan fingerprint density at radius 2 is 2.00 bits per heavy atom. The van der Waals surface area contributed by atoms with Gasteiger partial charge in [0.15, 0.2) is 0 Å². The average molecular weight is 458 g/mol. The highest BCUT2D eigenvalue weighted by Crippen LogP contribution is 2.31. The Labute approximate surface area is 185 Å². The molecule has 1 N–H and O–H groups in total. The molecule has 0 saturated carbocycles. The number of ether oxygens (including phenoxy) is 1. The van der Waals surface area contributed by atoms with E-state index in [1.807, 2.05) is 0 Å². The van der Waals surface area contributed by atoms with E-state index in [4.69, 9.17) is 16.3 Å². The Balaban J connectivity index is 1.67. The van der Waals surface area contributed by atoms with Crippen LogP contribution in [0.3, 0.4) is 0 Å². The highest BCUT2D eigenvalue weighted by atomic mass is 35.5. The van der Waals surface area contributed by atoms with Crippen LogP contribution in [0.25, 0.3) is 21.3 Å². The smallest absolute Gasteiger partial charge is 0.263 e. The second-order valence-corrected chi connectivity index (χ2v) is 8.07. The molecule has 0 fully saturated rings. The number of anilines is 1. The molecule has 2 aromatic heterocycles. The number of halogens is 2. The van der Waals surface area contributed by atoms with Gasteiger partial charge in [-0.1, -0.05) is 23.7 Å². The molecule has 1 atom stereocenters. The highest BCUT2D eigenvalue weighted by molar-refractivity contribution is 7.17. The summed E-state index contributed by atoms with van der Waals surface area (Å²) in [6.07, 6.45) is 1.36. The lowest BCUT2D eigenvalue weighted by atomic mass is 10.1. The van der Waals surface area contributed by atoms with Crippen molar-refractivity contribution in [3.63, 3.8) is 0 Å². The van der Waals surface area contributed by atoms with Crippen LogP contribution in [0.5, 0.6) is 5.75 Å². The number of aromatic nitrogens is 2. The molecule has 6 nitrogen and oxygen atoms in total. The summed E-state index contributed by atoms with van der Waals surface area (Å²) in [5, 5.41) is 5.31. The van der Waals surface area contributed by atoms with Crippen molar-refractivity contribution >= 4 is 44.7 Å². The van der Waals surface area contributed by atoms with Crippen molar-refractivity contribution in [1.29, 1.82) is 0 Å². The van der Waals surface area contributed by atoms with Crippen LogP contribution in [0, 0.1) is 5.82 Å². The van der Waals surface area contributed by atoms with E-state index in [-0.39, 0.29) is 11.4 Å². The first-order valence-corrected chi connectivity index (χ1v) is 10.5. The van der Waals surface area contributed by atoms with Crippen molar-refractivity contribution in [3.05, 3.63) is 75.4 Å². The van der Waals surface area contributed by atoms with E-state index in [9.17, 15) is 14.0 Å². The van der Waals surface area contributed by atoms with Crippen molar-refractivity contribution in [2.75, 3.05) is 12.4 Å². The monoisotopic (exact) mass is 457 g/mol. The van der Waals surface area contributed by atoms with Gasteiger partial charge in [-0.25, -0.2) is 9.37 Å². The second-order valence-electron chi connectivity index (χ2n) is 6.81. The van der Waals surface area contributed by atoms with Crippen LogP contribution < -0.4 is 15.6 Å². The Morgan fingerprint density at radius 3 is 2.68 bits per heavy atom. The number of benzene rings is 2.